The van der Waals surface area contributed by atoms with E-state index in [1.54, 1.807) is 6.92 Å². The molecule has 0 bridgehead atoms. The second-order valence-electron chi connectivity index (χ2n) is 4.23. The third-order valence-corrected chi connectivity index (χ3v) is 2.61. The Labute approximate surface area is 118 Å². The first-order valence-electron chi connectivity index (χ1n) is 6.14. The lowest BCUT2D eigenvalue weighted by Gasteiger charge is -2.22. The molecular formula is C15H17NO4. The lowest BCUT2D eigenvalue weighted by atomic mass is 10.2. The minimum absolute atomic E-state index is 0.0514. The van der Waals surface area contributed by atoms with Gasteiger partial charge >= 0.3 is 5.97 Å². The molecule has 0 aromatic heterocycles. The Morgan fingerprint density at radius 3 is 2.60 bits per heavy atom. The van der Waals surface area contributed by atoms with Crippen molar-refractivity contribution in [3.05, 3.63) is 35.9 Å². The third-order valence-electron chi connectivity index (χ3n) is 2.61. The Morgan fingerprint density at radius 2 is 2.05 bits per heavy atom. The molecule has 1 N–H and O–H groups in total. The number of hydrogen-bond donors (Lipinski definition) is 1. The summed E-state index contributed by atoms with van der Waals surface area (Å²) in [6.45, 7) is 1.38. The van der Waals surface area contributed by atoms with Crippen LogP contribution < -0.4 is 0 Å². The zero-order chi connectivity index (χ0) is 15.0. The molecule has 1 aromatic carbocycles. The van der Waals surface area contributed by atoms with Crippen molar-refractivity contribution in [2.45, 2.75) is 19.6 Å². The van der Waals surface area contributed by atoms with Crippen molar-refractivity contribution in [2.75, 3.05) is 13.1 Å². The van der Waals surface area contributed by atoms with Gasteiger partial charge in [0.25, 0.3) is 5.91 Å². The summed E-state index contributed by atoms with van der Waals surface area (Å²) in [5.74, 6) is 0.732. The number of terminal acetylenes is 1. The fourth-order valence-corrected chi connectivity index (χ4v) is 1.61. The molecule has 0 aliphatic heterocycles. The van der Waals surface area contributed by atoms with E-state index < -0.39 is 24.5 Å². The summed E-state index contributed by atoms with van der Waals surface area (Å²) < 4.78 is 5.45. The van der Waals surface area contributed by atoms with Crippen LogP contribution in [0.25, 0.3) is 0 Å². The summed E-state index contributed by atoms with van der Waals surface area (Å²) in [5.41, 5.74) is 0.939. The minimum Gasteiger partial charge on any atom is -0.480 e. The van der Waals surface area contributed by atoms with Crippen LogP contribution in [-0.2, 0) is 20.9 Å². The summed E-state index contributed by atoms with van der Waals surface area (Å²) in [7, 11) is 0. The second-order valence-corrected chi connectivity index (χ2v) is 4.23. The number of benzene rings is 1. The van der Waals surface area contributed by atoms with Crippen molar-refractivity contribution in [1.29, 1.82) is 0 Å². The lowest BCUT2D eigenvalue weighted by Crippen LogP contribution is -2.42. The Bertz CT molecular complexity index is 492. The van der Waals surface area contributed by atoms with Gasteiger partial charge in [-0.05, 0) is 12.5 Å². The van der Waals surface area contributed by atoms with E-state index in [1.165, 1.54) is 0 Å². The number of aliphatic carboxylic acids is 1. The molecule has 1 amide bonds. The smallest absolute Gasteiger partial charge is 0.323 e. The fourth-order valence-electron chi connectivity index (χ4n) is 1.61. The molecule has 0 fully saturated rings. The van der Waals surface area contributed by atoms with Crippen molar-refractivity contribution in [2.24, 2.45) is 0 Å². The molecule has 1 atom stereocenters. The number of rotatable bonds is 7. The molecule has 0 saturated carbocycles. The van der Waals surface area contributed by atoms with E-state index in [0.29, 0.717) is 0 Å². The van der Waals surface area contributed by atoms with Gasteiger partial charge in [-0.2, -0.15) is 0 Å². The lowest BCUT2D eigenvalue weighted by molar-refractivity contribution is -0.149. The normalized spacial score (nSPS) is 11.4. The van der Waals surface area contributed by atoms with Crippen LogP contribution >= 0.6 is 0 Å². The van der Waals surface area contributed by atoms with Crippen molar-refractivity contribution >= 4 is 11.9 Å². The molecule has 0 spiro atoms. The fraction of sp³-hybridized carbons (Fsp3) is 0.333. The van der Waals surface area contributed by atoms with Crippen LogP contribution in [0.3, 0.4) is 0 Å². The van der Waals surface area contributed by atoms with Gasteiger partial charge in [0.1, 0.15) is 12.6 Å². The van der Waals surface area contributed by atoms with E-state index in [9.17, 15) is 9.59 Å². The van der Waals surface area contributed by atoms with E-state index in [-0.39, 0.29) is 13.2 Å². The summed E-state index contributed by atoms with van der Waals surface area (Å²) in [5, 5.41) is 8.75. The highest BCUT2D eigenvalue weighted by Crippen LogP contribution is 2.06. The van der Waals surface area contributed by atoms with Gasteiger partial charge in [0, 0.05) is 0 Å². The molecular weight excluding hydrogens is 258 g/mol. The topological polar surface area (TPSA) is 66.8 Å². The number of carbonyl (C=O) groups excluding carboxylic acids is 1. The van der Waals surface area contributed by atoms with Crippen molar-refractivity contribution in [3.8, 4) is 12.3 Å². The van der Waals surface area contributed by atoms with Crippen molar-refractivity contribution < 1.29 is 19.4 Å². The van der Waals surface area contributed by atoms with Gasteiger partial charge in [-0.1, -0.05) is 36.3 Å². The molecule has 5 nitrogen and oxygen atoms in total. The minimum atomic E-state index is -1.11. The number of carboxylic acid groups (broad SMARTS) is 1. The van der Waals surface area contributed by atoms with Crippen LogP contribution in [0.15, 0.2) is 30.3 Å². The molecule has 0 aliphatic rings. The standard InChI is InChI=1S/C15H17NO4/c1-3-9-16(10-14(17)18)15(19)12(2)20-11-13-7-5-4-6-8-13/h1,4-8,12H,9-11H2,2H3,(H,17,18). The predicted octanol–water partition coefficient (Wildman–Crippen LogP) is 1.14. The van der Waals surface area contributed by atoms with Crippen LogP contribution in [0.4, 0.5) is 0 Å². The van der Waals surface area contributed by atoms with Crippen LogP contribution in [0.5, 0.6) is 0 Å². The van der Waals surface area contributed by atoms with Gasteiger partial charge < -0.3 is 14.7 Å². The summed E-state index contributed by atoms with van der Waals surface area (Å²) in [4.78, 5) is 23.8. The molecule has 0 saturated heterocycles. The number of amides is 1. The maximum absolute atomic E-state index is 12.0. The van der Waals surface area contributed by atoms with Gasteiger partial charge in [-0.25, -0.2) is 0 Å². The Morgan fingerprint density at radius 1 is 1.40 bits per heavy atom. The quantitative estimate of drug-likeness (QED) is 0.758. The zero-order valence-electron chi connectivity index (χ0n) is 11.3. The van der Waals surface area contributed by atoms with Crippen LogP contribution in [0.2, 0.25) is 0 Å². The molecule has 1 unspecified atom stereocenters. The van der Waals surface area contributed by atoms with E-state index in [1.807, 2.05) is 30.3 Å². The van der Waals surface area contributed by atoms with Crippen LogP contribution in [0.1, 0.15) is 12.5 Å². The highest BCUT2D eigenvalue weighted by molar-refractivity contribution is 5.84. The number of carboxylic acids is 1. The van der Waals surface area contributed by atoms with E-state index >= 15 is 0 Å². The number of ether oxygens (including phenoxy) is 1. The number of carbonyl (C=O) groups is 2. The summed E-state index contributed by atoms with van der Waals surface area (Å²) >= 11 is 0. The first kappa shape index (κ1) is 15.7. The van der Waals surface area contributed by atoms with Crippen LogP contribution in [-0.4, -0.2) is 41.1 Å². The van der Waals surface area contributed by atoms with E-state index in [0.717, 1.165) is 10.5 Å². The van der Waals surface area contributed by atoms with Gasteiger partial charge in [-0.15, -0.1) is 6.42 Å². The molecule has 5 heteroatoms. The number of nitrogens with zero attached hydrogens (tertiary/aromatic N) is 1. The average Bonchev–Trinajstić information content (AvgIpc) is 2.44. The second kappa shape index (κ2) is 7.97. The first-order valence-corrected chi connectivity index (χ1v) is 6.14. The molecule has 1 aromatic rings. The molecule has 106 valence electrons. The molecule has 0 radical (unpaired) electrons. The molecule has 1 rings (SSSR count). The Balaban J connectivity index is 2.56. The predicted molar refractivity (Wildman–Crippen MR) is 73.7 cm³/mol. The first-order chi connectivity index (χ1) is 9.54. The van der Waals surface area contributed by atoms with Crippen molar-refractivity contribution in [3.63, 3.8) is 0 Å². The molecule has 20 heavy (non-hydrogen) atoms. The van der Waals surface area contributed by atoms with Gasteiger partial charge in [0.2, 0.25) is 0 Å². The zero-order valence-corrected chi connectivity index (χ0v) is 11.3. The summed E-state index contributed by atoms with van der Waals surface area (Å²) in [6, 6.07) is 9.40. The third kappa shape index (κ3) is 5.12. The highest BCUT2D eigenvalue weighted by Gasteiger charge is 2.22. The average molecular weight is 275 g/mol. The summed E-state index contributed by atoms with van der Waals surface area (Å²) in [6.07, 6.45) is 4.38. The maximum atomic E-state index is 12.0. The monoisotopic (exact) mass is 275 g/mol. The largest absolute Gasteiger partial charge is 0.480 e. The Hall–Kier alpha value is -2.32. The molecule has 0 heterocycles. The van der Waals surface area contributed by atoms with Crippen LogP contribution in [0, 0.1) is 12.3 Å². The van der Waals surface area contributed by atoms with E-state index in [2.05, 4.69) is 5.92 Å². The number of hydrogen-bond acceptors (Lipinski definition) is 3. The maximum Gasteiger partial charge on any atom is 0.323 e. The highest BCUT2D eigenvalue weighted by atomic mass is 16.5. The van der Waals surface area contributed by atoms with Gasteiger partial charge in [-0.3, -0.25) is 9.59 Å². The molecule has 0 aliphatic carbocycles. The van der Waals surface area contributed by atoms with Crippen molar-refractivity contribution in [1.82, 2.24) is 4.90 Å². The SMILES string of the molecule is C#CCN(CC(=O)O)C(=O)C(C)OCc1ccccc1. The van der Waals surface area contributed by atoms with E-state index in [4.69, 9.17) is 16.3 Å². The van der Waals surface area contributed by atoms with Gasteiger partial charge in [0.15, 0.2) is 0 Å². The van der Waals surface area contributed by atoms with Gasteiger partial charge in [0.05, 0.1) is 13.2 Å². The Kier molecular flexibility index (Phi) is 6.27.